The van der Waals surface area contributed by atoms with Crippen molar-refractivity contribution in [3.8, 4) is 0 Å². The van der Waals surface area contributed by atoms with Gasteiger partial charge in [0.1, 0.15) is 13.2 Å². The van der Waals surface area contributed by atoms with Crippen molar-refractivity contribution in [2.75, 3.05) is 32.8 Å². The topological polar surface area (TPSA) is 55.8 Å². The predicted molar refractivity (Wildman–Crippen MR) is 79.6 cm³/mol. The molecule has 0 aliphatic rings. The number of carbonyl (C=O) groups excluding carboxylic acids is 2. The fourth-order valence-corrected chi connectivity index (χ4v) is 1.43. The lowest BCUT2D eigenvalue weighted by Crippen LogP contribution is -2.32. The van der Waals surface area contributed by atoms with Gasteiger partial charge in [-0.1, -0.05) is 20.8 Å². The van der Waals surface area contributed by atoms with Crippen LogP contribution in [0.2, 0.25) is 0 Å². The Bertz CT molecular complexity index is 227. The van der Waals surface area contributed by atoms with Gasteiger partial charge in [0.05, 0.1) is 0 Å². The number of esters is 2. The van der Waals surface area contributed by atoms with E-state index in [0.29, 0.717) is 39.1 Å². The third kappa shape index (κ3) is 12.2. The summed E-state index contributed by atoms with van der Waals surface area (Å²) in [6, 6.07) is 0. The van der Waals surface area contributed by atoms with E-state index >= 15 is 0 Å². The zero-order chi connectivity index (χ0) is 13.8. The van der Waals surface area contributed by atoms with Crippen molar-refractivity contribution in [3.05, 3.63) is 0 Å². The number of rotatable bonds is 10. The van der Waals surface area contributed by atoms with Crippen molar-refractivity contribution < 1.29 is 19.1 Å². The molecule has 0 aromatic heterocycles. The number of halogens is 1. The predicted octanol–water partition coefficient (Wildman–Crippen LogP) is 2.18. The molecule has 19 heavy (non-hydrogen) atoms. The van der Waals surface area contributed by atoms with Gasteiger partial charge in [-0.15, -0.1) is 17.0 Å². The Kier molecular flexibility index (Phi) is 15.0. The maximum atomic E-state index is 11.0. The van der Waals surface area contributed by atoms with E-state index in [1.54, 1.807) is 13.8 Å². The minimum Gasteiger partial charge on any atom is -0.464 e. The summed E-state index contributed by atoms with van der Waals surface area (Å²) in [5.41, 5.74) is 0. The summed E-state index contributed by atoms with van der Waals surface area (Å²) in [6.45, 7) is 8.71. The van der Waals surface area contributed by atoms with Crippen molar-refractivity contribution in [2.24, 2.45) is 0 Å². The summed E-state index contributed by atoms with van der Waals surface area (Å²) in [4.78, 5) is 24.1. The number of carbonyl (C=O) groups is 2. The first-order valence-corrected chi connectivity index (χ1v) is 6.67. The Labute approximate surface area is 126 Å². The first-order valence-electron chi connectivity index (χ1n) is 6.67. The van der Waals surface area contributed by atoms with E-state index in [1.165, 1.54) is 0 Å². The highest BCUT2D eigenvalue weighted by molar-refractivity contribution is 8.93. The molecule has 0 saturated carbocycles. The Hall–Kier alpha value is -0.620. The maximum absolute atomic E-state index is 11.0. The van der Waals surface area contributed by atoms with Gasteiger partial charge >= 0.3 is 11.9 Å². The van der Waals surface area contributed by atoms with Crippen molar-refractivity contribution in [3.63, 3.8) is 0 Å². The van der Waals surface area contributed by atoms with Crippen LogP contribution in [0.25, 0.3) is 0 Å². The highest BCUT2D eigenvalue weighted by Gasteiger charge is 2.07. The minimum atomic E-state index is -0.177. The summed E-state index contributed by atoms with van der Waals surface area (Å²) in [6.07, 6.45) is 1.83. The second-order valence-corrected chi connectivity index (χ2v) is 3.99. The zero-order valence-electron chi connectivity index (χ0n) is 12.1. The van der Waals surface area contributed by atoms with Gasteiger partial charge in [-0.25, -0.2) is 0 Å². The second kappa shape index (κ2) is 13.8. The minimum absolute atomic E-state index is 0. The quantitative estimate of drug-likeness (QED) is 0.571. The molecule has 0 rings (SSSR count). The van der Waals surface area contributed by atoms with E-state index in [4.69, 9.17) is 9.47 Å². The van der Waals surface area contributed by atoms with E-state index < -0.39 is 0 Å². The molecule has 0 atom stereocenters. The van der Waals surface area contributed by atoms with Crippen LogP contribution in [-0.4, -0.2) is 49.7 Å². The average molecular weight is 340 g/mol. The molecular weight excluding hydrogens is 314 g/mol. The molecule has 0 N–H and O–H groups in total. The lowest BCUT2D eigenvalue weighted by atomic mass is 10.4. The van der Waals surface area contributed by atoms with Gasteiger partial charge in [-0.2, -0.15) is 0 Å². The maximum Gasteiger partial charge on any atom is 0.305 e. The van der Waals surface area contributed by atoms with Crippen LogP contribution in [-0.2, 0) is 19.1 Å². The van der Waals surface area contributed by atoms with Crippen LogP contribution < -0.4 is 0 Å². The van der Waals surface area contributed by atoms with Crippen molar-refractivity contribution >= 4 is 28.9 Å². The Morgan fingerprint density at radius 3 is 1.58 bits per heavy atom. The number of hydrogen-bond acceptors (Lipinski definition) is 5. The first-order chi connectivity index (χ1) is 8.63. The molecule has 6 heteroatoms. The molecule has 0 radical (unpaired) electrons. The molecule has 5 nitrogen and oxygen atoms in total. The van der Waals surface area contributed by atoms with Gasteiger partial charge in [0.15, 0.2) is 0 Å². The molecule has 114 valence electrons. The molecule has 0 aliphatic carbocycles. The van der Waals surface area contributed by atoms with Gasteiger partial charge in [0.2, 0.25) is 0 Å². The van der Waals surface area contributed by atoms with Crippen LogP contribution in [0.1, 0.15) is 40.0 Å². The van der Waals surface area contributed by atoms with E-state index in [9.17, 15) is 9.59 Å². The van der Waals surface area contributed by atoms with E-state index in [0.717, 1.165) is 13.0 Å². The molecule has 0 amide bonds. The fraction of sp³-hybridized carbons (Fsp3) is 0.846. The summed E-state index contributed by atoms with van der Waals surface area (Å²) < 4.78 is 10.1. The Morgan fingerprint density at radius 1 is 0.842 bits per heavy atom. The van der Waals surface area contributed by atoms with Crippen LogP contribution in [0.5, 0.6) is 0 Å². The highest BCUT2D eigenvalue weighted by Crippen LogP contribution is 1.94. The SMILES string of the molecule is Br.CCCN(CCOC(=O)CC)CCOC(=O)CC. The normalized spacial score (nSPS) is 9.89. The summed E-state index contributed by atoms with van der Waals surface area (Å²) >= 11 is 0. The Morgan fingerprint density at radius 2 is 1.26 bits per heavy atom. The van der Waals surface area contributed by atoms with E-state index in [2.05, 4.69) is 11.8 Å². The summed E-state index contributed by atoms with van der Waals surface area (Å²) in [7, 11) is 0. The van der Waals surface area contributed by atoms with Crippen LogP contribution in [0.15, 0.2) is 0 Å². The van der Waals surface area contributed by atoms with Crippen molar-refractivity contribution in [1.29, 1.82) is 0 Å². The molecule has 0 bridgehead atoms. The van der Waals surface area contributed by atoms with Crippen LogP contribution in [0.3, 0.4) is 0 Å². The molecule has 0 fully saturated rings. The lowest BCUT2D eigenvalue weighted by molar-refractivity contribution is -0.144. The lowest BCUT2D eigenvalue weighted by Gasteiger charge is -2.21. The average Bonchev–Trinajstić information content (AvgIpc) is 2.38. The Balaban J connectivity index is 0. The molecule has 0 spiro atoms. The van der Waals surface area contributed by atoms with Gasteiger partial charge in [0, 0.05) is 25.9 Å². The van der Waals surface area contributed by atoms with Gasteiger partial charge in [-0.3, -0.25) is 14.5 Å². The van der Waals surface area contributed by atoms with Crippen LogP contribution in [0.4, 0.5) is 0 Å². The summed E-state index contributed by atoms with van der Waals surface area (Å²) in [5.74, 6) is -0.354. The largest absolute Gasteiger partial charge is 0.464 e. The molecular formula is C13H26BrNO4. The van der Waals surface area contributed by atoms with E-state index in [-0.39, 0.29) is 28.9 Å². The molecule has 0 aromatic carbocycles. The third-order valence-electron chi connectivity index (χ3n) is 2.46. The smallest absolute Gasteiger partial charge is 0.305 e. The van der Waals surface area contributed by atoms with Crippen LogP contribution in [0, 0.1) is 0 Å². The molecule has 0 unspecified atom stereocenters. The standard InChI is InChI=1S/C13H25NO4.BrH/c1-4-7-14(8-10-17-12(15)5-2)9-11-18-13(16)6-3;/h4-11H2,1-3H3;1H. The number of hydrogen-bond donors (Lipinski definition) is 0. The van der Waals surface area contributed by atoms with Crippen LogP contribution >= 0.6 is 17.0 Å². The number of nitrogens with zero attached hydrogens (tertiary/aromatic N) is 1. The van der Waals surface area contributed by atoms with Crippen molar-refractivity contribution in [2.45, 2.75) is 40.0 Å². The second-order valence-electron chi connectivity index (χ2n) is 3.99. The fourth-order valence-electron chi connectivity index (χ4n) is 1.43. The summed E-state index contributed by atoms with van der Waals surface area (Å²) in [5, 5.41) is 0. The van der Waals surface area contributed by atoms with Gasteiger partial charge in [-0.05, 0) is 13.0 Å². The first kappa shape index (κ1) is 20.7. The van der Waals surface area contributed by atoms with Crippen molar-refractivity contribution in [1.82, 2.24) is 4.90 Å². The molecule has 0 aliphatic heterocycles. The van der Waals surface area contributed by atoms with Gasteiger partial charge < -0.3 is 9.47 Å². The third-order valence-corrected chi connectivity index (χ3v) is 2.46. The van der Waals surface area contributed by atoms with E-state index in [1.807, 2.05) is 0 Å². The zero-order valence-corrected chi connectivity index (χ0v) is 13.9. The molecule has 0 heterocycles. The van der Waals surface area contributed by atoms with Gasteiger partial charge in [0.25, 0.3) is 0 Å². The highest BCUT2D eigenvalue weighted by atomic mass is 79.9. The molecule has 0 aromatic rings. The monoisotopic (exact) mass is 339 g/mol. The number of ether oxygens (including phenoxy) is 2. The molecule has 0 saturated heterocycles.